The molecule has 0 unspecified atom stereocenters. The van der Waals surface area contributed by atoms with Gasteiger partial charge in [-0.15, -0.1) is 6.42 Å². The summed E-state index contributed by atoms with van der Waals surface area (Å²) < 4.78 is 9.84. The molecule has 0 atom stereocenters. The maximum atomic E-state index is 10.2. The van der Waals surface area contributed by atoms with Gasteiger partial charge in [0.15, 0.2) is 0 Å². The van der Waals surface area contributed by atoms with Gasteiger partial charge in [-0.1, -0.05) is 5.92 Å². The van der Waals surface area contributed by atoms with Crippen molar-refractivity contribution in [2.75, 3.05) is 14.2 Å². The molecule has 0 aliphatic carbocycles. The van der Waals surface area contributed by atoms with E-state index in [1.807, 2.05) is 24.3 Å². The molecule has 2 aromatic rings. The topological polar surface area (TPSA) is 35.5 Å². The Kier molecular flexibility index (Phi) is 6.43. The van der Waals surface area contributed by atoms with Gasteiger partial charge in [-0.3, -0.25) is 4.79 Å². The third kappa shape index (κ3) is 4.87. The molecule has 0 bridgehead atoms. The van der Waals surface area contributed by atoms with Crippen molar-refractivity contribution in [1.82, 2.24) is 0 Å². The highest BCUT2D eigenvalue weighted by atomic mass is 16.5. The van der Waals surface area contributed by atoms with Crippen LogP contribution in [0.25, 0.3) is 0 Å². The molecule has 0 aliphatic heterocycles. The molecule has 0 saturated carbocycles. The Bertz CT molecular complexity index is 563. The summed E-state index contributed by atoms with van der Waals surface area (Å²) in [7, 11) is 3.22. The Morgan fingerprint density at radius 1 is 0.900 bits per heavy atom. The summed E-state index contributed by atoms with van der Waals surface area (Å²) in [6, 6.07) is 14.3. The number of hydrogen-bond acceptors (Lipinski definition) is 3. The molecular weight excluding hydrogens is 252 g/mol. The fourth-order valence-corrected chi connectivity index (χ4v) is 1.37. The smallest absolute Gasteiger partial charge is 0.150 e. The van der Waals surface area contributed by atoms with Gasteiger partial charge >= 0.3 is 0 Å². The van der Waals surface area contributed by atoms with Crippen molar-refractivity contribution in [3.8, 4) is 23.8 Å². The van der Waals surface area contributed by atoms with E-state index in [4.69, 9.17) is 15.9 Å². The molecule has 0 fully saturated rings. The van der Waals surface area contributed by atoms with Crippen molar-refractivity contribution in [2.45, 2.75) is 0 Å². The van der Waals surface area contributed by atoms with E-state index >= 15 is 0 Å². The van der Waals surface area contributed by atoms with E-state index in [1.54, 1.807) is 38.5 Å². The highest BCUT2D eigenvalue weighted by Crippen LogP contribution is 2.10. The standard InChI is InChI=1S/C9H8O.C8H8O2/c1-3-8-4-6-9(10-2)7-5-8;1-10-8-4-2-7(6-9)3-5-8/h1,4-7H,2H3;2-6H,1H3. The molecule has 0 heterocycles. The molecule has 0 saturated heterocycles. The summed E-state index contributed by atoms with van der Waals surface area (Å²) in [5, 5.41) is 0. The van der Waals surface area contributed by atoms with Crippen LogP contribution in [0.2, 0.25) is 0 Å². The first-order valence-corrected chi connectivity index (χ1v) is 5.93. The van der Waals surface area contributed by atoms with Crippen molar-refractivity contribution in [2.24, 2.45) is 0 Å². The summed E-state index contributed by atoms with van der Waals surface area (Å²) in [4.78, 5) is 10.2. The zero-order valence-corrected chi connectivity index (χ0v) is 11.5. The summed E-state index contributed by atoms with van der Waals surface area (Å²) in [5.74, 6) is 4.12. The molecule has 0 amide bonds. The van der Waals surface area contributed by atoms with Crippen LogP contribution in [0.1, 0.15) is 15.9 Å². The third-order valence-corrected chi connectivity index (χ3v) is 2.51. The quantitative estimate of drug-likeness (QED) is 0.633. The number of carbonyl (C=O) groups excluding carboxylic acids is 1. The number of ether oxygens (including phenoxy) is 2. The molecule has 0 radical (unpaired) electrons. The van der Waals surface area contributed by atoms with E-state index in [0.717, 1.165) is 23.3 Å². The highest BCUT2D eigenvalue weighted by Gasteiger charge is 1.89. The van der Waals surface area contributed by atoms with Crippen LogP contribution in [0.4, 0.5) is 0 Å². The van der Waals surface area contributed by atoms with Crippen LogP contribution in [-0.2, 0) is 0 Å². The number of terminal acetylenes is 1. The second kappa shape index (κ2) is 8.39. The second-order valence-corrected chi connectivity index (χ2v) is 3.76. The second-order valence-electron chi connectivity index (χ2n) is 3.76. The van der Waals surface area contributed by atoms with E-state index in [9.17, 15) is 4.79 Å². The number of benzene rings is 2. The Balaban J connectivity index is 0.000000200. The first kappa shape index (κ1) is 15.3. The molecule has 0 spiro atoms. The maximum absolute atomic E-state index is 10.2. The molecule has 0 aliphatic rings. The van der Waals surface area contributed by atoms with Gasteiger partial charge in [0.2, 0.25) is 0 Å². The van der Waals surface area contributed by atoms with E-state index < -0.39 is 0 Å². The predicted octanol–water partition coefficient (Wildman–Crippen LogP) is 3.18. The van der Waals surface area contributed by atoms with Gasteiger partial charge in [0.05, 0.1) is 14.2 Å². The summed E-state index contributed by atoms with van der Waals surface area (Å²) in [6.07, 6.45) is 5.96. The first-order valence-electron chi connectivity index (χ1n) is 5.93. The minimum Gasteiger partial charge on any atom is -0.497 e. The lowest BCUT2D eigenvalue weighted by atomic mass is 10.2. The monoisotopic (exact) mass is 268 g/mol. The normalized spacial score (nSPS) is 8.65. The van der Waals surface area contributed by atoms with Gasteiger partial charge in [-0.2, -0.15) is 0 Å². The van der Waals surface area contributed by atoms with Crippen molar-refractivity contribution < 1.29 is 14.3 Å². The summed E-state index contributed by atoms with van der Waals surface area (Å²) in [5.41, 5.74) is 1.54. The Morgan fingerprint density at radius 3 is 1.70 bits per heavy atom. The van der Waals surface area contributed by atoms with Crippen LogP contribution in [0.15, 0.2) is 48.5 Å². The fraction of sp³-hybridized carbons (Fsp3) is 0.118. The van der Waals surface area contributed by atoms with Crippen LogP contribution < -0.4 is 9.47 Å². The van der Waals surface area contributed by atoms with Gasteiger partial charge in [-0.25, -0.2) is 0 Å². The SMILES string of the molecule is C#Cc1ccc(OC)cc1.COc1ccc(C=O)cc1. The van der Waals surface area contributed by atoms with E-state index in [2.05, 4.69) is 5.92 Å². The van der Waals surface area contributed by atoms with E-state index in [0.29, 0.717) is 5.56 Å². The minimum atomic E-state index is 0.667. The molecule has 2 aromatic carbocycles. The third-order valence-electron chi connectivity index (χ3n) is 2.51. The highest BCUT2D eigenvalue weighted by molar-refractivity contribution is 5.74. The molecule has 2 rings (SSSR count). The number of methoxy groups -OCH3 is 2. The molecule has 102 valence electrons. The number of aldehydes is 1. The van der Waals surface area contributed by atoms with Crippen molar-refractivity contribution in [3.05, 3.63) is 59.7 Å². The zero-order valence-electron chi connectivity index (χ0n) is 11.5. The average Bonchev–Trinajstić information content (AvgIpc) is 2.55. The maximum Gasteiger partial charge on any atom is 0.150 e. The first-order chi connectivity index (χ1) is 9.73. The van der Waals surface area contributed by atoms with Crippen molar-refractivity contribution in [1.29, 1.82) is 0 Å². The Hall–Kier alpha value is -2.73. The van der Waals surface area contributed by atoms with Gasteiger partial charge < -0.3 is 9.47 Å². The lowest BCUT2D eigenvalue weighted by Crippen LogP contribution is -1.82. The van der Waals surface area contributed by atoms with Gasteiger partial charge in [-0.05, 0) is 48.5 Å². The summed E-state index contributed by atoms with van der Waals surface area (Å²) in [6.45, 7) is 0. The minimum absolute atomic E-state index is 0.667. The van der Waals surface area contributed by atoms with Crippen LogP contribution in [0, 0.1) is 12.3 Å². The molecular formula is C17H16O3. The fourth-order valence-electron chi connectivity index (χ4n) is 1.37. The van der Waals surface area contributed by atoms with Crippen LogP contribution >= 0.6 is 0 Å². The average molecular weight is 268 g/mol. The van der Waals surface area contributed by atoms with Crippen molar-refractivity contribution in [3.63, 3.8) is 0 Å². The number of carbonyl (C=O) groups is 1. The Morgan fingerprint density at radius 2 is 1.35 bits per heavy atom. The van der Waals surface area contributed by atoms with E-state index in [-0.39, 0.29) is 0 Å². The van der Waals surface area contributed by atoms with Crippen molar-refractivity contribution >= 4 is 6.29 Å². The predicted molar refractivity (Wildman–Crippen MR) is 79.3 cm³/mol. The molecule has 20 heavy (non-hydrogen) atoms. The Labute approximate surface area is 119 Å². The molecule has 0 N–H and O–H groups in total. The lowest BCUT2D eigenvalue weighted by Gasteiger charge is -1.96. The summed E-state index contributed by atoms with van der Waals surface area (Å²) >= 11 is 0. The van der Waals surface area contributed by atoms with Crippen LogP contribution in [0.5, 0.6) is 11.5 Å². The van der Waals surface area contributed by atoms with Gasteiger partial charge in [0.1, 0.15) is 17.8 Å². The molecule has 3 nitrogen and oxygen atoms in total. The molecule has 3 heteroatoms. The van der Waals surface area contributed by atoms with Gasteiger partial charge in [0, 0.05) is 11.1 Å². The van der Waals surface area contributed by atoms with E-state index in [1.165, 1.54) is 0 Å². The van der Waals surface area contributed by atoms with Gasteiger partial charge in [0.25, 0.3) is 0 Å². The zero-order chi connectivity index (χ0) is 14.8. The van der Waals surface area contributed by atoms with Crippen LogP contribution in [-0.4, -0.2) is 20.5 Å². The number of hydrogen-bond donors (Lipinski definition) is 0. The van der Waals surface area contributed by atoms with Crippen LogP contribution in [0.3, 0.4) is 0 Å². The molecule has 0 aromatic heterocycles. The number of rotatable bonds is 3. The largest absolute Gasteiger partial charge is 0.497 e. The lowest BCUT2D eigenvalue weighted by molar-refractivity contribution is 0.112.